The molecule has 4 amide bonds. The van der Waals surface area contributed by atoms with Crippen LogP contribution in [-0.4, -0.2) is 47.9 Å². The first-order valence-electron chi connectivity index (χ1n) is 11.7. The molecule has 1 fully saturated rings. The molecule has 1 unspecified atom stereocenters. The van der Waals surface area contributed by atoms with Gasteiger partial charge in [-0.3, -0.25) is 9.59 Å². The monoisotopic (exact) mass is 450 g/mol. The molecule has 3 N–H and O–H groups in total. The zero-order chi connectivity index (χ0) is 23.8. The maximum atomic E-state index is 13.1. The number of hydrogen-bond acceptors (Lipinski definition) is 3. The van der Waals surface area contributed by atoms with Crippen molar-refractivity contribution in [2.45, 2.75) is 58.0 Å². The van der Waals surface area contributed by atoms with Crippen LogP contribution in [0.3, 0.4) is 0 Å². The Hall–Kier alpha value is -3.35. The molecular formula is C26H34N4O3. The Kier molecular flexibility index (Phi) is 8.46. The zero-order valence-corrected chi connectivity index (χ0v) is 19.6. The molecule has 7 nitrogen and oxygen atoms in total. The van der Waals surface area contributed by atoms with Crippen molar-refractivity contribution in [3.05, 3.63) is 65.7 Å². The molecule has 1 saturated heterocycles. The number of nitrogens with zero attached hydrogens (tertiary/aromatic N) is 1. The van der Waals surface area contributed by atoms with E-state index in [1.165, 1.54) is 0 Å². The van der Waals surface area contributed by atoms with Crippen LogP contribution in [-0.2, 0) is 4.79 Å². The van der Waals surface area contributed by atoms with Crippen molar-refractivity contribution in [1.82, 2.24) is 15.5 Å². The fourth-order valence-electron chi connectivity index (χ4n) is 4.11. The number of anilines is 1. The van der Waals surface area contributed by atoms with Gasteiger partial charge >= 0.3 is 6.03 Å². The van der Waals surface area contributed by atoms with Gasteiger partial charge in [-0.15, -0.1) is 0 Å². The highest BCUT2D eigenvalue weighted by Gasteiger charge is 2.28. The number of carbonyl (C=O) groups excluding carboxylic acids is 3. The largest absolute Gasteiger partial charge is 0.349 e. The van der Waals surface area contributed by atoms with Gasteiger partial charge in [0.2, 0.25) is 5.91 Å². The Morgan fingerprint density at radius 1 is 0.970 bits per heavy atom. The van der Waals surface area contributed by atoms with Gasteiger partial charge in [-0.05, 0) is 62.9 Å². The second-order valence-electron chi connectivity index (χ2n) is 8.78. The smallest absolute Gasteiger partial charge is 0.319 e. The molecule has 1 aliphatic heterocycles. The van der Waals surface area contributed by atoms with Crippen molar-refractivity contribution in [2.24, 2.45) is 0 Å². The van der Waals surface area contributed by atoms with Crippen molar-refractivity contribution in [1.29, 1.82) is 0 Å². The maximum absolute atomic E-state index is 13.1. The quantitative estimate of drug-likeness (QED) is 0.592. The van der Waals surface area contributed by atoms with Crippen LogP contribution in [0.4, 0.5) is 10.5 Å². The summed E-state index contributed by atoms with van der Waals surface area (Å²) in [5.41, 5.74) is 2.22. The third kappa shape index (κ3) is 6.81. The fourth-order valence-corrected chi connectivity index (χ4v) is 4.11. The van der Waals surface area contributed by atoms with Gasteiger partial charge in [0.1, 0.15) is 0 Å². The summed E-state index contributed by atoms with van der Waals surface area (Å²) in [4.78, 5) is 39.4. The number of hydrogen-bond donors (Lipinski definition) is 3. The molecule has 0 aromatic heterocycles. The molecule has 2 aromatic rings. The average molecular weight is 451 g/mol. The van der Waals surface area contributed by atoms with E-state index in [-0.39, 0.29) is 35.8 Å². The maximum Gasteiger partial charge on any atom is 0.319 e. The number of nitrogens with one attached hydrogen (secondary N) is 3. The van der Waals surface area contributed by atoms with E-state index in [9.17, 15) is 14.4 Å². The highest BCUT2D eigenvalue weighted by atomic mass is 16.2. The molecular weight excluding hydrogens is 416 g/mol. The van der Waals surface area contributed by atoms with Gasteiger partial charge in [-0.2, -0.15) is 0 Å². The molecule has 0 spiro atoms. The number of carbonyl (C=O) groups is 3. The number of rotatable bonds is 7. The van der Waals surface area contributed by atoms with Gasteiger partial charge < -0.3 is 20.9 Å². The third-order valence-electron chi connectivity index (χ3n) is 5.87. The van der Waals surface area contributed by atoms with E-state index in [0.29, 0.717) is 24.3 Å². The van der Waals surface area contributed by atoms with Crippen LogP contribution in [0, 0.1) is 0 Å². The third-order valence-corrected chi connectivity index (χ3v) is 5.87. The van der Waals surface area contributed by atoms with Crippen LogP contribution in [0.5, 0.6) is 0 Å². The first-order chi connectivity index (χ1) is 15.9. The minimum atomic E-state index is -0.277. The molecule has 0 bridgehead atoms. The average Bonchev–Trinajstić information content (AvgIpc) is 2.80. The zero-order valence-electron chi connectivity index (χ0n) is 19.6. The van der Waals surface area contributed by atoms with Crippen molar-refractivity contribution < 1.29 is 14.4 Å². The van der Waals surface area contributed by atoms with E-state index in [0.717, 1.165) is 24.8 Å². The Morgan fingerprint density at radius 3 is 2.18 bits per heavy atom. The molecule has 33 heavy (non-hydrogen) atoms. The minimum absolute atomic E-state index is 0.0352. The Balaban J connectivity index is 1.49. The molecule has 1 aliphatic rings. The van der Waals surface area contributed by atoms with Gasteiger partial charge in [0.05, 0.1) is 5.92 Å². The minimum Gasteiger partial charge on any atom is -0.349 e. The summed E-state index contributed by atoms with van der Waals surface area (Å²) in [6, 6.07) is 16.5. The molecule has 1 atom stereocenters. The molecule has 176 valence electrons. The fraction of sp³-hybridized carbons (Fsp3) is 0.423. The van der Waals surface area contributed by atoms with Gasteiger partial charge in [-0.25, -0.2) is 4.79 Å². The lowest BCUT2D eigenvalue weighted by Gasteiger charge is -2.34. The summed E-state index contributed by atoms with van der Waals surface area (Å²) in [7, 11) is 0. The second kappa shape index (κ2) is 11.5. The molecule has 7 heteroatoms. The van der Waals surface area contributed by atoms with Crippen LogP contribution >= 0.6 is 0 Å². The first kappa shape index (κ1) is 24.3. The van der Waals surface area contributed by atoms with Gasteiger partial charge in [0.25, 0.3) is 5.91 Å². The topological polar surface area (TPSA) is 90.5 Å². The van der Waals surface area contributed by atoms with Crippen molar-refractivity contribution >= 4 is 23.5 Å². The molecule has 0 radical (unpaired) electrons. The van der Waals surface area contributed by atoms with E-state index >= 15 is 0 Å². The molecule has 1 heterocycles. The first-order valence-corrected chi connectivity index (χ1v) is 11.7. The van der Waals surface area contributed by atoms with Crippen LogP contribution in [0.1, 0.15) is 61.9 Å². The summed E-state index contributed by atoms with van der Waals surface area (Å²) in [5, 5.41) is 8.58. The summed E-state index contributed by atoms with van der Waals surface area (Å²) in [6.45, 7) is 7.10. The Morgan fingerprint density at radius 2 is 1.61 bits per heavy atom. The van der Waals surface area contributed by atoms with Crippen LogP contribution in [0.15, 0.2) is 54.6 Å². The summed E-state index contributed by atoms with van der Waals surface area (Å²) < 4.78 is 0. The second-order valence-corrected chi connectivity index (χ2v) is 8.78. The Bertz CT molecular complexity index is 936. The number of piperidine rings is 1. The summed E-state index contributed by atoms with van der Waals surface area (Å²) >= 11 is 0. The van der Waals surface area contributed by atoms with Crippen LogP contribution in [0.2, 0.25) is 0 Å². The lowest BCUT2D eigenvalue weighted by molar-refractivity contribution is -0.134. The highest BCUT2D eigenvalue weighted by molar-refractivity contribution is 5.95. The number of likely N-dealkylation sites (tertiary alicyclic amines) is 1. The van der Waals surface area contributed by atoms with E-state index in [1.54, 1.807) is 24.3 Å². The van der Waals surface area contributed by atoms with E-state index < -0.39 is 0 Å². The molecule has 3 rings (SSSR count). The highest BCUT2D eigenvalue weighted by Crippen LogP contribution is 2.24. The Labute approximate surface area is 195 Å². The normalized spacial score (nSPS) is 15.1. The number of amides is 4. The molecule has 2 aromatic carbocycles. The van der Waals surface area contributed by atoms with Gasteiger partial charge in [0.15, 0.2) is 0 Å². The molecule has 0 saturated carbocycles. The van der Waals surface area contributed by atoms with Crippen molar-refractivity contribution in [3.63, 3.8) is 0 Å². The van der Waals surface area contributed by atoms with Crippen LogP contribution < -0.4 is 16.0 Å². The van der Waals surface area contributed by atoms with E-state index in [4.69, 9.17) is 0 Å². The van der Waals surface area contributed by atoms with Gasteiger partial charge in [0, 0.05) is 36.4 Å². The van der Waals surface area contributed by atoms with Crippen molar-refractivity contribution in [3.8, 4) is 0 Å². The lowest BCUT2D eigenvalue weighted by atomic mass is 9.93. The van der Waals surface area contributed by atoms with E-state index in [2.05, 4.69) is 16.0 Å². The predicted molar refractivity (Wildman–Crippen MR) is 130 cm³/mol. The standard InChI is InChI=1S/C26H34N4O3/c1-4-23(19-8-6-5-7-9-19)25(32)30-16-14-22(15-17-30)28-24(31)20-10-12-21(13-11-20)29-26(33)27-18(2)3/h5-13,18,22-23H,4,14-17H2,1-3H3,(H,28,31)(H2,27,29,33). The number of benzene rings is 2. The lowest BCUT2D eigenvalue weighted by Crippen LogP contribution is -2.47. The summed E-state index contributed by atoms with van der Waals surface area (Å²) in [5.74, 6) is -0.0983. The van der Waals surface area contributed by atoms with Crippen LogP contribution in [0.25, 0.3) is 0 Å². The summed E-state index contributed by atoms with van der Waals surface area (Å²) in [6.07, 6.45) is 2.24. The molecule has 0 aliphatic carbocycles. The van der Waals surface area contributed by atoms with Gasteiger partial charge in [-0.1, -0.05) is 37.3 Å². The SMILES string of the molecule is CCC(C(=O)N1CCC(NC(=O)c2ccc(NC(=O)NC(C)C)cc2)CC1)c1ccccc1. The van der Waals surface area contributed by atoms with Crippen molar-refractivity contribution in [2.75, 3.05) is 18.4 Å². The number of urea groups is 1. The predicted octanol–water partition coefficient (Wildman–Crippen LogP) is 4.13. The van der Waals surface area contributed by atoms with E-state index in [1.807, 2.05) is 56.0 Å².